The molecule has 0 aromatic heterocycles. The Balaban J connectivity index is 2.03. The molecule has 0 radical (unpaired) electrons. The molecule has 0 unspecified atom stereocenters. The van der Waals surface area contributed by atoms with Gasteiger partial charge in [-0.2, -0.15) is 0 Å². The van der Waals surface area contributed by atoms with Gasteiger partial charge in [-0.05, 0) is 41.0 Å². The Labute approximate surface area is 109 Å². The lowest BCUT2D eigenvalue weighted by molar-refractivity contribution is 0.344. The Kier molecular flexibility index (Phi) is 4.07. The number of rotatable bonds is 2. The number of anilines is 1. The molecule has 1 heterocycles. The Morgan fingerprint density at radius 2 is 1.94 bits per heavy atom. The summed E-state index contributed by atoms with van der Waals surface area (Å²) in [5, 5.41) is 9.46. The van der Waals surface area contributed by atoms with Gasteiger partial charge >= 0.3 is 7.05 Å². The van der Waals surface area contributed by atoms with Crippen LogP contribution in [0.5, 0.6) is 0 Å². The summed E-state index contributed by atoms with van der Waals surface area (Å²) in [7, 11) is -0.404. The van der Waals surface area contributed by atoms with E-state index in [0.29, 0.717) is 4.47 Å². The van der Waals surface area contributed by atoms with Crippen molar-refractivity contribution >= 4 is 28.7 Å². The van der Waals surface area contributed by atoms with Crippen molar-refractivity contribution in [3.63, 3.8) is 0 Å². The topological polar surface area (TPSA) is 26.7 Å². The maximum absolute atomic E-state index is 13.4. The number of hydrogen-bond acceptors (Lipinski definition) is 3. The van der Waals surface area contributed by atoms with Gasteiger partial charge in [-0.15, -0.1) is 0 Å². The van der Waals surface area contributed by atoms with Crippen LogP contribution in [-0.2, 0) is 0 Å². The average Bonchev–Trinajstić information content (AvgIpc) is 2.33. The van der Waals surface area contributed by atoms with Crippen molar-refractivity contribution in [2.75, 3.05) is 31.1 Å². The van der Waals surface area contributed by atoms with Crippen molar-refractivity contribution in [1.82, 2.24) is 4.81 Å². The predicted octanol–water partition coefficient (Wildman–Crippen LogP) is 1.82. The van der Waals surface area contributed by atoms with Crippen LogP contribution in [0.25, 0.3) is 0 Å². The second-order valence-electron chi connectivity index (χ2n) is 4.25. The van der Waals surface area contributed by atoms with Gasteiger partial charge in [0.2, 0.25) is 0 Å². The minimum absolute atomic E-state index is 0.236. The first-order valence-corrected chi connectivity index (χ1v) is 6.49. The Morgan fingerprint density at radius 3 is 2.47 bits per heavy atom. The van der Waals surface area contributed by atoms with Crippen molar-refractivity contribution in [1.29, 1.82) is 0 Å². The Morgan fingerprint density at radius 1 is 1.29 bits per heavy atom. The molecule has 1 N–H and O–H groups in total. The van der Waals surface area contributed by atoms with Gasteiger partial charge in [0.1, 0.15) is 5.82 Å². The summed E-state index contributed by atoms with van der Waals surface area (Å²) in [4.78, 5) is 4.14. The van der Waals surface area contributed by atoms with Crippen LogP contribution in [0, 0.1) is 5.82 Å². The van der Waals surface area contributed by atoms with Gasteiger partial charge in [-0.25, -0.2) is 4.39 Å². The van der Waals surface area contributed by atoms with Crippen molar-refractivity contribution in [2.24, 2.45) is 0 Å². The zero-order valence-corrected chi connectivity index (χ0v) is 11.3. The second-order valence-corrected chi connectivity index (χ2v) is 5.11. The Hall–Kier alpha value is -0.585. The van der Waals surface area contributed by atoms with E-state index in [1.807, 2.05) is 10.9 Å². The van der Waals surface area contributed by atoms with E-state index in [1.54, 1.807) is 19.0 Å². The van der Waals surface area contributed by atoms with E-state index < -0.39 is 7.05 Å². The molecule has 0 spiro atoms. The number of benzene rings is 1. The third-order valence-corrected chi connectivity index (χ3v) is 3.75. The fourth-order valence-corrected chi connectivity index (χ4v) is 2.28. The molecule has 0 atom stereocenters. The highest BCUT2D eigenvalue weighted by atomic mass is 79.9. The lowest BCUT2D eigenvalue weighted by Crippen LogP contribution is -2.51. The van der Waals surface area contributed by atoms with Crippen molar-refractivity contribution in [2.45, 2.75) is 6.82 Å². The molecular weight excluding hydrogens is 286 g/mol. The van der Waals surface area contributed by atoms with E-state index >= 15 is 0 Å². The van der Waals surface area contributed by atoms with Gasteiger partial charge in [-0.1, -0.05) is 0 Å². The smallest absolute Gasteiger partial charge is 0.376 e. The van der Waals surface area contributed by atoms with Crippen LogP contribution in [0.4, 0.5) is 10.1 Å². The molecule has 6 heteroatoms. The Bertz CT molecular complexity index is 397. The average molecular weight is 301 g/mol. The summed E-state index contributed by atoms with van der Waals surface area (Å²) in [5.74, 6) is -0.236. The molecule has 0 bridgehead atoms. The fraction of sp³-hybridized carbons (Fsp3) is 0.455. The molecule has 1 aliphatic heterocycles. The van der Waals surface area contributed by atoms with E-state index in [1.165, 1.54) is 0 Å². The van der Waals surface area contributed by atoms with Crippen LogP contribution in [-0.4, -0.2) is 43.1 Å². The largest absolute Gasteiger partial charge is 0.437 e. The van der Waals surface area contributed by atoms with Crippen LogP contribution in [0.3, 0.4) is 0 Å². The molecule has 1 aromatic carbocycles. The van der Waals surface area contributed by atoms with Gasteiger partial charge in [0.25, 0.3) is 0 Å². The van der Waals surface area contributed by atoms with E-state index in [-0.39, 0.29) is 5.82 Å². The van der Waals surface area contributed by atoms with Gasteiger partial charge in [-0.3, -0.25) is 0 Å². The molecule has 1 aromatic rings. The summed E-state index contributed by atoms with van der Waals surface area (Å²) in [6, 6.07) is 5.18. The first-order valence-electron chi connectivity index (χ1n) is 5.70. The van der Waals surface area contributed by atoms with Crippen LogP contribution < -0.4 is 4.90 Å². The first-order chi connectivity index (χ1) is 8.08. The normalized spacial score (nSPS) is 17.3. The molecule has 17 heavy (non-hydrogen) atoms. The van der Waals surface area contributed by atoms with Gasteiger partial charge in [0.15, 0.2) is 0 Å². The molecule has 3 nitrogen and oxygen atoms in total. The monoisotopic (exact) mass is 300 g/mol. The van der Waals surface area contributed by atoms with E-state index in [0.717, 1.165) is 31.9 Å². The minimum Gasteiger partial charge on any atom is -0.437 e. The molecule has 1 fully saturated rings. The predicted molar refractivity (Wildman–Crippen MR) is 71.7 cm³/mol. The third-order valence-electron chi connectivity index (χ3n) is 3.11. The molecule has 2 rings (SSSR count). The first kappa shape index (κ1) is 12.9. The second kappa shape index (κ2) is 5.37. The van der Waals surface area contributed by atoms with Gasteiger partial charge in [0, 0.05) is 31.9 Å². The van der Waals surface area contributed by atoms with E-state index in [2.05, 4.69) is 20.8 Å². The third kappa shape index (κ3) is 3.00. The van der Waals surface area contributed by atoms with Crippen LogP contribution in [0.1, 0.15) is 0 Å². The quantitative estimate of drug-likeness (QED) is 0.844. The number of nitrogens with zero attached hydrogens (tertiary/aromatic N) is 2. The molecule has 92 valence electrons. The molecule has 1 aliphatic rings. The van der Waals surface area contributed by atoms with Crippen LogP contribution in [0.2, 0.25) is 6.82 Å². The van der Waals surface area contributed by atoms with E-state index in [9.17, 15) is 9.41 Å². The number of halogens is 2. The van der Waals surface area contributed by atoms with Crippen molar-refractivity contribution in [3.05, 3.63) is 28.5 Å². The van der Waals surface area contributed by atoms with Gasteiger partial charge in [0.05, 0.1) is 4.47 Å². The highest BCUT2D eigenvalue weighted by Crippen LogP contribution is 2.23. The van der Waals surface area contributed by atoms with E-state index in [4.69, 9.17) is 0 Å². The maximum atomic E-state index is 13.4. The lowest BCUT2D eigenvalue weighted by Gasteiger charge is -2.36. The minimum atomic E-state index is -0.404. The molecule has 0 saturated carbocycles. The lowest BCUT2D eigenvalue weighted by atomic mass is 9.84. The number of piperazine rings is 1. The molecule has 1 saturated heterocycles. The highest BCUT2D eigenvalue weighted by Gasteiger charge is 2.22. The zero-order valence-electron chi connectivity index (χ0n) is 9.74. The SMILES string of the molecule is CB(O)N1CCN(c2ccc(Br)c(F)c2)CC1. The summed E-state index contributed by atoms with van der Waals surface area (Å²) >= 11 is 3.15. The zero-order chi connectivity index (χ0) is 12.4. The standard InChI is InChI=1S/C11H15BBrFN2O/c1-12(17)16-6-4-15(5-7-16)9-2-3-10(13)11(14)8-9/h2-3,8,17H,4-7H2,1H3. The fourth-order valence-electron chi connectivity index (χ4n) is 2.04. The summed E-state index contributed by atoms with van der Waals surface area (Å²) < 4.78 is 13.9. The molecular formula is C11H15BBrFN2O. The van der Waals surface area contributed by atoms with Crippen LogP contribution in [0.15, 0.2) is 22.7 Å². The van der Waals surface area contributed by atoms with Crippen molar-refractivity contribution < 1.29 is 9.41 Å². The van der Waals surface area contributed by atoms with Crippen molar-refractivity contribution in [3.8, 4) is 0 Å². The maximum Gasteiger partial charge on any atom is 0.376 e. The number of hydrogen-bond donors (Lipinski definition) is 1. The summed E-state index contributed by atoms with van der Waals surface area (Å²) in [5.41, 5.74) is 0.899. The summed E-state index contributed by atoms with van der Waals surface area (Å²) in [6.45, 7) is 5.00. The molecule has 0 amide bonds. The van der Waals surface area contributed by atoms with Crippen LogP contribution >= 0.6 is 15.9 Å². The highest BCUT2D eigenvalue weighted by molar-refractivity contribution is 9.10. The summed E-state index contributed by atoms with van der Waals surface area (Å²) in [6.07, 6.45) is 0. The van der Waals surface area contributed by atoms with Gasteiger partial charge < -0.3 is 14.7 Å². The molecule has 0 aliphatic carbocycles.